The molecule has 1 aromatic heterocycles. The van der Waals surface area contributed by atoms with E-state index in [1.165, 1.54) is 5.56 Å². The van der Waals surface area contributed by atoms with Crippen LogP contribution in [0.5, 0.6) is 0 Å². The maximum Gasteiger partial charge on any atom is 0.232 e. The van der Waals surface area contributed by atoms with Crippen molar-refractivity contribution in [2.45, 2.75) is 43.1 Å². The van der Waals surface area contributed by atoms with Gasteiger partial charge in [0.2, 0.25) is 5.82 Å². The van der Waals surface area contributed by atoms with Crippen molar-refractivity contribution in [1.29, 1.82) is 5.26 Å². The van der Waals surface area contributed by atoms with Crippen LogP contribution in [0.2, 0.25) is 0 Å². The van der Waals surface area contributed by atoms with Gasteiger partial charge in [-0.05, 0) is 45.3 Å². The number of aliphatic hydroxyl groups excluding tert-OH is 1. The lowest BCUT2D eigenvalue weighted by molar-refractivity contribution is 0.0513. The van der Waals surface area contributed by atoms with Gasteiger partial charge in [-0.3, -0.25) is 10.2 Å². The van der Waals surface area contributed by atoms with Gasteiger partial charge in [-0.15, -0.1) is 0 Å². The average molecular weight is 378 g/mol. The lowest BCUT2D eigenvalue weighted by Gasteiger charge is -2.49. The van der Waals surface area contributed by atoms with Gasteiger partial charge in [0.05, 0.1) is 18.1 Å². The highest BCUT2D eigenvalue weighted by atomic mass is 16.3. The van der Waals surface area contributed by atoms with Crippen molar-refractivity contribution in [3.8, 4) is 6.07 Å². The molecule has 1 saturated heterocycles. The minimum absolute atomic E-state index is 0.0180. The molecular weight excluding hydrogens is 352 g/mol. The smallest absolute Gasteiger partial charge is 0.232 e. The van der Waals surface area contributed by atoms with Crippen LogP contribution in [0, 0.1) is 11.3 Å². The van der Waals surface area contributed by atoms with E-state index in [-0.39, 0.29) is 16.9 Å². The van der Waals surface area contributed by atoms with Gasteiger partial charge in [-0.2, -0.15) is 5.26 Å². The van der Waals surface area contributed by atoms with Crippen molar-refractivity contribution in [3.05, 3.63) is 54.1 Å². The summed E-state index contributed by atoms with van der Waals surface area (Å²) >= 11 is 0. The molecule has 1 aliphatic heterocycles. The van der Waals surface area contributed by atoms with Crippen molar-refractivity contribution in [1.82, 2.24) is 20.2 Å². The molecule has 0 bridgehead atoms. The number of hydrogen-bond donors (Lipinski definition) is 2. The van der Waals surface area contributed by atoms with Gasteiger partial charge in [0.1, 0.15) is 6.07 Å². The maximum absolute atomic E-state index is 10.6. The third-order valence-corrected chi connectivity index (χ3v) is 6.47. The highest BCUT2D eigenvalue weighted by molar-refractivity contribution is 5.46. The van der Waals surface area contributed by atoms with Crippen LogP contribution in [0.1, 0.15) is 37.1 Å². The molecule has 2 N–H and O–H groups in total. The Balaban J connectivity index is 1.53. The van der Waals surface area contributed by atoms with Crippen molar-refractivity contribution in [2.75, 3.05) is 25.5 Å². The molecule has 0 amide bonds. The molecule has 1 aliphatic carbocycles. The monoisotopic (exact) mass is 378 g/mol. The lowest BCUT2D eigenvalue weighted by atomic mass is 9.69. The predicted molar refractivity (Wildman–Crippen MR) is 106 cm³/mol. The van der Waals surface area contributed by atoms with E-state index in [9.17, 15) is 5.11 Å². The molecule has 7 nitrogen and oxygen atoms in total. The SMILES string of the molecule is CN(C)[C@]1(c2ccccc2)CC[C@]2(CC1)CN(c1cnc(C#N)nc1)C(O)N2. The number of nitriles is 1. The molecule has 28 heavy (non-hydrogen) atoms. The van der Waals surface area contributed by atoms with Crippen molar-refractivity contribution in [2.24, 2.45) is 0 Å². The summed E-state index contributed by atoms with van der Waals surface area (Å²) in [5.41, 5.74) is 1.96. The van der Waals surface area contributed by atoms with Crippen LogP contribution in [0.25, 0.3) is 0 Å². The minimum Gasteiger partial charge on any atom is -0.361 e. The molecular formula is C21H26N6O. The third kappa shape index (κ3) is 3.14. The summed E-state index contributed by atoms with van der Waals surface area (Å²) in [5, 5.41) is 22.9. The fraction of sp³-hybridized carbons (Fsp3) is 0.476. The highest BCUT2D eigenvalue weighted by Crippen LogP contribution is 2.46. The molecule has 2 fully saturated rings. The number of aromatic nitrogens is 2. The van der Waals surface area contributed by atoms with Crippen LogP contribution in [0.15, 0.2) is 42.7 Å². The van der Waals surface area contributed by atoms with Crippen molar-refractivity contribution in [3.63, 3.8) is 0 Å². The van der Waals surface area contributed by atoms with Crippen LogP contribution in [-0.2, 0) is 5.54 Å². The Morgan fingerprint density at radius 3 is 2.36 bits per heavy atom. The quantitative estimate of drug-likeness (QED) is 0.842. The Labute approximate surface area is 165 Å². The van der Waals surface area contributed by atoms with Gasteiger partial charge < -0.3 is 10.0 Å². The number of nitrogens with one attached hydrogen (secondary N) is 1. The Bertz CT molecular complexity index is 853. The molecule has 0 radical (unpaired) electrons. The maximum atomic E-state index is 10.6. The molecule has 7 heteroatoms. The highest BCUT2D eigenvalue weighted by Gasteiger charge is 2.50. The second kappa shape index (κ2) is 7.13. The molecule has 1 atom stereocenters. The van der Waals surface area contributed by atoms with E-state index in [0.29, 0.717) is 6.54 Å². The second-order valence-electron chi connectivity index (χ2n) is 8.09. The van der Waals surface area contributed by atoms with Crippen LogP contribution >= 0.6 is 0 Å². The van der Waals surface area contributed by atoms with Gasteiger partial charge in [-0.1, -0.05) is 30.3 Å². The van der Waals surface area contributed by atoms with Gasteiger partial charge in [-0.25, -0.2) is 9.97 Å². The molecule has 2 heterocycles. The van der Waals surface area contributed by atoms with Gasteiger partial charge >= 0.3 is 0 Å². The van der Waals surface area contributed by atoms with E-state index < -0.39 is 6.35 Å². The summed E-state index contributed by atoms with van der Waals surface area (Å²) in [4.78, 5) is 12.3. The zero-order chi connectivity index (χ0) is 19.8. The van der Waals surface area contributed by atoms with Crippen LogP contribution < -0.4 is 10.2 Å². The molecule has 1 spiro atoms. The summed E-state index contributed by atoms with van der Waals surface area (Å²) in [7, 11) is 4.31. The number of hydrogen-bond acceptors (Lipinski definition) is 7. The Morgan fingerprint density at radius 2 is 1.79 bits per heavy atom. The molecule has 2 aliphatic rings. The summed E-state index contributed by atoms with van der Waals surface area (Å²) in [6.07, 6.45) is 6.39. The first-order valence-electron chi connectivity index (χ1n) is 9.66. The molecule has 4 rings (SSSR count). The minimum atomic E-state index is -0.778. The topological polar surface area (TPSA) is 88.3 Å². The summed E-state index contributed by atoms with van der Waals surface area (Å²) in [6.45, 7) is 0.696. The Morgan fingerprint density at radius 1 is 1.14 bits per heavy atom. The lowest BCUT2D eigenvalue weighted by Crippen LogP contribution is -2.54. The Kier molecular flexibility index (Phi) is 4.79. The Hall–Kier alpha value is -2.53. The van der Waals surface area contributed by atoms with Gasteiger partial charge in [0.15, 0.2) is 6.35 Å². The summed E-state index contributed by atoms with van der Waals surface area (Å²) in [6, 6.07) is 12.6. The van der Waals surface area contributed by atoms with Crippen LogP contribution in [0.3, 0.4) is 0 Å². The predicted octanol–water partition coefficient (Wildman–Crippen LogP) is 1.80. The molecule has 1 aromatic carbocycles. The zero-order valence-corrected chi connectivity index (χ0v) is 16.3. The summed E-state index contributed by atoms with van der Waals surface area (Å²) < 4.78 is 0. The van der Waals surface area contributed by atoms with E-state index in [0.717, 1.165) is 31.4 Å². The first kappa shape index (κ1) is 18.8. The first-order chi connectivity index (χ1) is 13.5. The second-order valence-corrected chi connectivity index (χ2v) is 8.09. The standard InChI is InChI=1S/C21H26N6O/c1-26(2)21(16-6-4-3-5-7-16)10-8-20(9-11-21)15-27(19(28)25-20)17-13-23-18(12-22)24-14-17/h3-7,13-14,19,25,28H,8-11,15H2,1-2H3/t19?,20-,21+. The van der Waals surface area contributed by atoms with Crippen molar-refractivity contribution < 1.29 is 5.11 Å². The first-order valence-corrected chi connectivity index (χ1v) is 9.66. The van der Waals surface area contributed by atoms with E-state index in [1.807, 2.05) is 11.0 Å². The number of nitrogens with zero attached hydrogens (tertiary/aromatic N) is 5. The third-order valence-electron chi connectivity index (χ3n) is 6.47. The largest absolute Gasteiger partial charge is 0.361 e. The molecule has 1 saturated carbocycles. The number of benzene rings is 1. The normalized spacial score (nSPS) is 30.0. The van der Waals surface area contributed by atoms with Gasteiger partial charge in [0.25, 0.3) is 0 Å². The molecule has 1 unspecified atom stereocenters. The van der Waals surface area contributed by atoms with Crippen molar-refractivity contribution >= 4 is 5.69 Å². The van der Waals surface area contributed by atoms with Crippen LogP contribution in [-0.4, -0.2) is 52.5 Å². The summed E-state index contributed by atoms with van der Waals surface area (Å²) in [5.74, 6) is 0.136. The fourth-order valence-electron chi connectivity index (χ4n) is 4.76. The molecule has 146 valence electrons. The number of aliphatic hydroxyl groups is 1. The van der Waals surface area contributed by atoms with E-state index >= 15 is 0 Å². The van der Waals surface area contributed by atoms with E-state index in [1.54, 1.807) is 12.4 Å². The number of rotatable bonds is 3. The average Bonchev–Trinajstić information content (AvgIpc) is 3.05. The molecule has 2 aromatic rings. The van der Waals surface area contributed by atoms with E-state index in [2.05, 4.69) is 64.6 Å². The van der Waals surface area contributed by atoms with Gasteiger partial charge in [0, 0.05) is 17.6 Å². The number of anilines is 1. The fourth-order valence-corrected chi connectivity index (χ4v) is 4.76. The zero-order valence-electron chi connectivity index (χ0n) is 16.3. The van der Waals surface area contributed by atoms with E-state index in [4.69, 9.17) is 5.26 Å². The van der Waals surface area contributed by atoms with Crippen LogP contribution in [0.4, 0.5) is 5.69 Å².